The van der Waals surface area contributed by atoms with Crippen molar-refractivity contribution in [3.8, 4) is 11.5 Å². The normalized spacial score (nSPS) is 14.4. The van der Waals surface area contributed by atoms with Crippen LogP contribution in [0.5, 0.6) is 11.5 Å². The first-order valence-electron chi connectivity index (χ1n) is 8.69. The number of carbonyl (C=O) groups excluding carboxylic acids is 1. The molecule has 7 heteroatoms. The molecule has 0 bridgehead atoms. The number of rotatable bonds is 5. The number of nitro benzene ring substituents is 1. The van der Waals surface area contributed by atoms with Crippen LogP contribution in [0.2, 0.25) is 0 Å². The van der Waals surface area contributed by atoms with Gasteiger partial charge in [-0.25, -0.2) is 9.79 Å². The zero-order valence-electron chi connectivity index (χ0n) is 15.0. The molecule has 0 radical (unpaired) electrons. The van der Waals surface area contributed by atoms with Gasteiger partial charge in [-0.2, -0.15) is 0 Å². The van der Waals surface area contributed by atoms with Gasteiger partial charge in [-0.3, -0.25) is 10.1 Å². The molecule has 4 rings (SSSR count). The summed E-state index contributed by atoms with van der Waals surface area (Å²) in [6.45, 7) is 0. The fourth-order valence-electron chi connectivity index (χ4n) is 2.71. The van der Waals surface area contributed by atoms with Crippen LogP contribution in [-0.2, 0) is 9.53 Å². The fourth-order valence-corrected chi connectivity index (χ4v) is 2.71. The second-order valence-electron chi connectivity index (χ2n) is 6.13. The van der Waals surface area contributed by atoms with Gasteiger partial charge in [0, 0.05) is 17.7 Å². The van der Waals surface area contributed by atoms with Gasteiger partial charge in [0.2, 0.25) is 5.90 Å². The molecule has 0 atom stereocenters. The first-order chi connectivity index (χ1) is 14.1. The van der Waals surface area contributed by atoms with E-state index in [2.05, 4.69) is 4.99 Å². The van der Waals surface area contributed by atoms with E-state index in [0.717, 1.165) is 5.56 Å². The predicted molar refractivity (Wildman–Crippen MR) is 107 cm³/mol. The molecule has 0 unspecified atom stereocenters. The van der Waals surface area contributed by atoms with Crippen LogP contribution in [0.3, 0.4) is 0 Å². The minimum atomic E-state index is -0.590. The Bertz CT molecular complexity index is 1140. The third kappa shape index (κ3) is 4.19. The third-order valence-electron chi connectivity index (χ3n) is 4.09. The van der Waals surface area contributed by atoms with Gasteiger partial charge in [0.15, 0.2) is 5.70 Å². The number of nitro groups is 1. The molecule has 0 N–H and O–H groups in total. The fraction of sp³-hybridized carbons (Fsp3) is 0. The molecule has 1 aliphatic rings. The first kappa shape index (κ1) is 18.1. The molecule has 7 nitrogen and oxygen atoms in total. The molecule has 29 heavy (non-hydrogen) atoms. The van der Waals surface area contributed by atoms with Gasteiger partial charge in [0.1, 0.15) is 11.5 Å². The van der Waals surface area contributed by atoms with Crippen LogP contribution in [-0.4, -0.2) is 16.8 Å². The highest BCUT2D eigenvalue weighted by Crippen LogP contribution is 2.25. The molecule has 3 aromatic carbocycles. The molecular formula is C22H14N2O5. The summed E-state index contributed by atoms with van der Waals surface area (Å²) < 4.78 is 11.0. The molecule has 1 heterocycles. The Morgan fingerprint density at radius 1 is 0.931 bits per heavy atom. The number of cyclic esters (lactones) is 1. The highest BCUT2D eigenvalue weighted by atomic mass is 16.6. The maximum atomic E-state index is 12.2. The smallest absolute Gasteiger partial charge is 0.363 e. The number of aliphatic imine (C=N–C) groups is 1. The highest BCUT2D eigenvalue weighted by Gasteiger charge is 2.24. The van der Waals surface area contributed by atoms with E-state index in [-0.39, 0.29) is 17.3 Å². The Balaban J connectivity index is 1.57. The van der Waals surface area contributed by atoms with Gasteiger partial charge in [0.25, 0.3) is 5.69 Å². The van der Waals surface area contributed by atoms with Crippen LogP contribution in [0.25, 0.3) is 6.08 Å². The van der Waals surface area contributed by atoms with Crippen molar-refractivity contribution in [3.05, 3.63) is 106 Å². The quantitative estimate of drug-likeness (QED) is 0.274. The molecule has 0 spiro atoms. The average molecular weight is 386 g/mol. The lowest BCUT2D eigenvalue weighted by Gasteiger charge is -2.05. The molecule has 0 saturated heterocycles. The van der Waals surface area contributed by atoms with E-state index >= 15 is 0 Å². The number of carbonyl (C=O) groups is 1. The van der Waals surface area contributed by atoms with E-state index in [9.17, 15) is 14.9 Å². The van der Waals surface area contributed by atoms with Crippen molar-refractivity contribution in [2.75, 3.05) is 0 Å². The third-order valence-corrected chi connectivity index (χ3v) is 4.09. The highest BCUT2D eigenvalue weighted by molar-refractivity contribution is 6.12. The number of nitrogens with zero attached hydrogens (tertiary/aromatic N) is 2. The number of non-ortho nitro benzene ring substituents is 1. The second kappa shape index (κ2) is 7.77. The van der Waals surface area contributed by atoms with E-state index in [0.29, 0.717) is 17.1 Å². The van der Waals surface area contributed by atoms with Crippen LogP contribution >= 0.6 is 0 Å². The standard InChI is InChI=1S/C22H14N2O5/c25-22-20(23-21(29-22)16-9-11-17(12-10-16)24(26)27)14-15-5-4-8-19(13-15)28-18-6-2-1-3-7-18/h1-14H/b20-14+. The number of hydrogen-bond acceptors (Lipinski definition) is 6. The molecule has 3 aromatic rings. The van der Waals surface area contributed by atoms with Crippen LogP contribution in [0.4, 0.5) is 5.69 Å². The Hall–Kier alpha value is -4.26. The van der Waals surface area contributed by atoms with E-state index in [1.165, 1.54) is 24.3 Å². The minimum absolute atomic E-state index is 0.0512. The number of benzene rings is 3. The predicted octanol–water partition coefficient (Wildman–Crippen LogP) is 4.73. The van der Waals surface area contributed by atoms with E-state index in [1.807, 2.05) is 48.5 Å². The Labute approximate surface area is 165 Å². The van der Waals surface area contributed by atoms with E-state index in [4.69, 9.17) is 9.47 Å². The molecule has 0 aliphatic carbocycles. The maximum Gasteiger partial charge on any atom is 0.363 e. The Morgan fingerprint density at radius 2 is 1.66 bits per heavy atom. The van der Waals surface area contributed by atoms with Crippen molar-refractivity contribution in [1.82, 2.24) is 0 Å². The van der Waals surface area contributed by atoms with Crippen molar-refractivity contribution in [1.29, 1.82) is 0 Å². The van der Waals surface area contributed by atoms with Gasteiger partial charge in [0.05, 0.1) is 4.92 Å². The second-order valence-corrected chi connectivity index (χ2v) is 6.13. The zero-order valence-corrected chi connectivity index (χ0v) is 15.0. The first-order valence-corrected chi connectivity index (χ1v) is 8.69. The summed E-state index contributed by atoms with van der Waals surface area (Å²) in [5.41, 5.74) is 1.28. The number of esters is 1. The van der Waals surface area contributed by atoms with Crippen molar-refractivity contribution in [2.24, 2.45) is 4.99 Å². The molecule has 142 valence electrons. The van der Waals surface area contributed by atoms with Gasteiger partial charge in [-0.05, 0) is 48.0 Å². The summed E-state index contributed by atoms with van der Waals surface area (Å²) in [6.07, 6.45) is 1.60. The SMILES string of the molecule is O=C1OC(c2ccc([N+](=O)[O-])cc2)=N/C1=C/c1cccc(Oc2ccccc2)c1. The number of para-hydroxylation sites is 1. The van der Waals surface area contributed by atoms with Crippen LogP contribution < -0.4 is 4.74 Å². The molecule has 0 amide bonds. The molecule has 0 fully saturated rings. The Kier molecular flexibility index (Phi) is 4.86. The summed E-state index contributed by atoms with van der Waals surface area (Å²) in [6, 6.07) is 22.2. The van der Waals surface area contributed by atoms with Gasteiger partial charge < -0.3 is 9.47 Å². The molecule has 0 aromatic heterocycles. The van der Waals surface area contributed by atoms with Gasteiger partial charge in [-0.1, -0.05) is 30.3 Å². The van der Waals surface area contributed by atoms with Crippen molar-refractivity contribution in [3.63, 3.8) is 0 Å². The largest absolute Gasteiger partial charge is 0.457 e. The topological polar surface area (TPSA) is 91.0 Å². The monoisotopic (exact) mass is 386 g/mol. The lowest BCUT2D eigenvalue weighted by Crippen LogP contribution is -2.05. The Morgan fingerprint density at radius 3 is 2.38 bits per heavy atom. The average Bonchev–Trinajstić information content (AvgIpc) is 3.09. The lowest BCUT2D eigenvalue weighted by atomic mass is 10.2. The van der Waals surface area contributed by atoms with Crippen molar-refractivity contribution < 1.29 is 19.2 Å². The maximum absolute atomic E-state index is 12.2. The van der Waals surface area contributed by atoms with E-state index in [1.54, 1.807) is 12.1 Å². The molecular weight excluding hydrogens is 372 g/mol. The van der Waals surface area contributed by atoms with Crippen molar-refractivity contribution >= 4 is 23.6 Å². The molecule has 1 aliphatic heterocycles. The van der Waals surface area contributed by atoms with Crippen LogP contribution in [0.15, 0.2) is 89.6 Å². The summed E-state index contributed by atoms with van der Waals surface area (Å²) in [7, 11) is 0. The van der Waals surface area contributed by atoms with E-state index < -0.39 is 10.9 Å². The zero-order chi connectivity index (χ0) is 20.2. The van der Waals surface area contributed by atoms with Crippen LogP contribution in [0, 0.1) is 10.1 Å². The minimum Gasteiger partial charge on any atom is -0.457 e. The summed E-state index contributed by atoms with van der Waals surface area (Å²) in [5.74, 6) is 0.841. The number of ether oxygens (including phenoxy) is 2. The molecule has 0 saturated carbocycles. The van der Waals surface area contributed by atoms with Crippen LogP contribution in [0.1, 0.15) is 11.1 Å². The number of hydrogen-bond donors (Lipinski definition) is 0. The van der Waals surface area contributed by atoms with Crippen molar-refractivity contribution in [2.45, 2.75) is 0 Å². The lowest BCUT2D eigenvalue weighted by molar-refractivity contribution is -0.384. The van der Waals surface area contributed by atoms with Gasteiger partial charge >= 0.3 is 5.97 Å². The summed E-state index contributed by atoms with van der Waals surface area (Å²) in [4.78, 5) is 26.6. The summed E-state index contributed by atoms with van der Waals surface area (Å²) in [5, 5.41) is 10.8. The summed E-state index contributed by atoms with van der Waals surface area (Å²) >= 11 is 0. The van der Waals surface area contributed by atoms with Gasteiger partial charge in [-0.15, -0.1) is 0 Å².